The van der Waals surface area contributed by atoms with Crippen molar-refractivity contribution in [2.45, 2.75) is 72.0 Å². The molecule has 2 fully saturated rings. The Morgan fingerprint density at radius 1 is 1.04 bits per heavy atom. The summed E-state index contributed by atoms with van der Waals surface area (Å²) in [7, 11) is 4.28. The summed E-state index contributed by atoms with van der Waals surface area (Å²) < 4.78 is 0. The van der Waals surface area contributed by atoms with E-state index in [1.807, 2.05) is 18.7 Å². The lowest BCUT2D eigenvalue weighted by Gasteiger charge is -2.47. The molecule has 0 aromatic heterocycles. The summed E-state index contributed by atoms with van der Waals surface area (Å²) in [6.45, 7) is 16.8. The number of amides is 2. The fourth-order valence-corrected chi connectivity index (χ4v) is 4.74. The zero-order valence-electron chi connectivity index (χ0n) is 19.4. The fourth-order valence-electron chi connectivity index (χ4n) is 4.74. The largest absolute Gasteiger partial charge is 0.339 e. The molecule has 0 spiro atoms. The molecule has 0 aromatic rings. The van der Waals surface area contributed by atoms with Gasteiger partial charge in [0.2, 0.25) is 11.8 Å². The molecule has 6 nitrogen and oxygen atoms in total. The molecule has 162 valence electrons. The summed E-state index contributed by atoms with van der Waals surface area (Å²) in [5.41, 5.74) is -0.116. The maximum absolute atomic E-state index is 13.1. The van der Waals surface area contributed by atoms with Gasteiger partial charge in [0.05, 0.1) is 0 Å². The van der Waals surface area contributed by atoms with Gasteiger partial charge in [0.15, 0.2) is 0 Å². The van der Waals surface area contributed by atoms with Crippen molar-refractivity contribution in [3.05, 3.63) is 0 Å². The molecular weight excluding hydrogens is 352 g/mol. The Balaban J connectivity index is 1.95. The van der Waals surface area contributed by atoms with Gasteiger partial charge in [-0.15, -0.1) is 0 Å². The van der Waals surface area contributed by atoms with Crippen molar-refractivity contribution in [3.8, 4) is 0 Å². The minimum absolute atomic E-state index is 0.0163. The molecule has 2 aliphatic rings. The van der Waals surface area contributed by atoms with E-state index in [0.29, 0.717) is 12.1 Å². The van der Waals surface area contributed by atoms with Crippen LogP contribution in [0.4, 0.5) is 0 Å². The third-order valence-corrected chi connectivity index (χ3v) is 6.71. The summed E-state index contributed by atoms with van der Waals surface area (Å²) >= 11 is 0. The predicted molar refractivity (Wildman–Crippen MR) is 114 cm³/mol. The first-order chi connectivity index (χ1) is 12.9. The summed E-state index contributed by atoms with van der Waals surface area (Å²) in [6, 6.07) is 0.672. The molecule has 2 heterocycles. The Bertz CT molecular complexity index is 563. The Kier molecular flexibility index (Phi) is 7.54. The van der Waals surface area contributed by atoms with Crippen molar-refractivity contribution in [1.82, 2.24) is 19.6 Å². The van der Waals surface area contributed by atoms with Crippen LogP contribution in [0.3, 0.4) is 0 Å². The van der Waals surface area contributed by atoms with Gasteiger partial charge in [-0.1, -0.05) is 20.8 Å². The van der Waals surface area contributed by atoms with Gasteiger partial charge >= 0.3 is 0 Å². The lowest BCUT2D eigenvalue weighted by atomic mass is 9.93. The SMILES string of the molecule is CC(C)C(=O)N1CC(C)N(C)C(CCC(C)C(=O)N2CCN(C)CC2(C)C)C1. The number of hydrogen-bond acceptors (Lipinski definition) is 4. The second kappa shape index (κ2) is 9.12. The van der Waals surface area contributed by atoms with E-state index < -0.39 is 0 Å². The van der Waals surface area contributed by atoms with Gasteiger partial charge in [-0.05, 0) is 47.7 Å². The molecule has 6 heteroatoms. The number of likely N-dealkylation sites (N-methyl/N-ethyl adjacent to an activating group) is 2. The van der Waals surface area contributed by atoms with Gasteiger partial charge in [0.25, 0.3) is 0 Å². The van der Waals surface area contributed by atoms with Gasteiger partial charge in [0.1, 0.15) is 0 Å². The standard InChI is InChI=1S/C22H42N4O2/c1-16(2)20(27)25-13-18(4)24(8)19(14-25)10-9-17(3)21(28)26-12-11-23(7)15-22(26,5)6/h16-19H,9-15H2,1-8H3. The zero-order valence-corrected chi connectivity index (χ0v) is 19.4. The van der Waals surface area contributed by atoms with E-state index in [1.54, 1.807) is 0 Å². The maximum atomic E-state index is 13.1. The number of nitrogens with zero attached hydrogens (tertiary/aromatic N) is 4. The van der Waals surface area contributed by atoms with Crippen LogP contribution in [0.2, 0.25) is 0 Å². The molecule has 28 heavy (non-hydrogen) atoms. The molecular formula is C22H42N4O2. The number of hydrogen-bond donors (Lipinski definition) is 0. The average Bonchev–Trinajstić information content (AvgIpc) is 2.60. The van der Waals surface area contributed by atoms with Crippen LogP contribution >= 0.6 is 0 Å². The average molecular weight is 395 g/mol. The Morgan fingerprint density at radius 3 is 2.25 bits per heavy atom. The molecule has 0 aliphatic carbocycles. The maximum Gasteiger partial charge on any atom is 0.225 e. The Hall–Kier alpha value is -1.14. The molecule has 2 rings (SSSR count). The summed E-state index contributed by atoms with van der Waals surface area (Å²) in [5.74, 6) is 0.576. The minimum atomic E-state index is -0.116. The summed E-state index contributed by atoms with van der Waals surface area (Å²) in [6.07, 6.45) is 1.82. The molecule has 0 saturated carbocycles. The molecule has 0 aromatic carbocycles. The highest BCUT2D eigenvalue weighted by molar-refractivity contribution is 5.79. The van der Waals surface area contributed by atoms with E-state index in [9.17, 15) is 9.59 Å². The smallest absolute Gasteiger partial charge is 0.225 e. The molecule has 3 atom stereocenters. The van der Waals surface area contributed by atoms with Gasteiger partial charge in [-0.3, -0.25) is 14.5 Å². The number of piperazine rings is 2. The van der Waals surface area contributed by atoms with Crippen LogP contribution in [-0.4, -0.2) is 95.9 Å². The molecule has 2 aliphatic heterocycles. The van der Waals surface area contributed by atoms with Crippen molar-refractivity contribution in [1.29, 1.82) is 0 Å². The van der Waals surface area contributed by atoms with Gasteiger partial charge in [-0.2, -0.15) is 0 Å². The molecule has 0 bridgehead atoms. The lowest BCUT2D eigenvalue weighted by Crippen LogP contribution is -2.61. The van der Waals surface area contributed by atoms with Crippen LogP contribution in [0.5, 0.6) is 0 Å². The fraction of sp³-hybridized carbons (Fsp3) is 0.909. The van der Waals surface area contributed by atoms with Gasteiger partial charge in [0, 0.05) is 62.2 Å². The quantitative estimate of drug-likeness (QED) is 0.717. The highest BCUT2D eigenvalue weighted by Crippen LogP contribution is 2.26. The molecule has 0 radical (unpaired) electrons. The van der Waals surface area contributed by atoms with Crippen molar-refractivity contribution < 1.29 is 9.59 Å². The first-order valence-corrected chi connectivity index (χ1v) is 10.9. The highest BCUT2D eigenvalue weighted by Gasteiger charge is 2.38. The van der Waals surface area contributed by atoms with Crippen LogP contribution in [0.25, 0.3) is 0 Å². The zero-order chi connectivity index (χ0) is 21.2. The van der Waals surface area contributed by atoms with Gasteiger partial charge in [-0.25, -0.2) is 0 Å². The normalized spacial score (nSPS) is 27.9. The van der Waals surface area contributed by atoms with Crippen LogP contribution in [0.1, 0.15) is 54.4 Å². The monoisotopic (exact) mass is 394 g/mol. The molecule has 2 saturated heterocycles. The highest BCUT2D eigenvalue weighted by atomic mass is 16.2. The van der Waals surface area contributed by atoms with Crippen molar-refractivity contribution in [3.63, 3.8) is 0 Å². The first-order valence-electron chi connectivity index (χ1n) is 10.9. The van der Waals surface area contributed by atoms with Crippen LogP contribution in [0.15, 0.2) is 0 Å². The van der Waals surface area contributed by atoms with Crippen molar-refractivity contribution in [2.75, 3.05) is 46.8 Å². The van der Waals surface area contributed by atoms with Crippen LogP contribution in [-0.2, 0) is 9.59 Å². The Labute approximate surface area is 172 Å². The second-order valence-electron chi connectivity index (χ2n) is 10.1. The van der Waals surface area contributed by atoms with E-state index >= 15 is 0 Å². The first kappa shape index (κ1) is 23.1. The minimum Gasteiger partial charge on any atom is -0.339 e. The molecule has 0 N–H and O–H groups in total. The van der Waals surface area contributed by atoms with E-state index in [4.69, 9.17) is 0 Å². The third-order valence-electron chi connectivity index (χ3n) is 6.71. The van der Waals surface area contributed by atoms with E-state index in [2.05, 4.69) is 56.5 Å². The Morgan fingerprint density at radius 2 is 1.68 bits per heavy atom. The van der Waals surface area contributed by atoms with Crippen molar-refractivity contribution in [2.24, 2.45) is 11.8 Å². The predicted octanol–water partition coefficient (Wildman–Crippen LogP) is 2.14. The number of carbonyl (C=O) groups is 2. The topological polar surface area (TPSA) is 47.1 Å². The molecule has 2 amide bonds. The lowest BCUT2D eigenvalue weighted by molar-refractivity contribution is -0.145. The van der Waals surface area contributed by atoms with Gasteiger partial charge < -0.3 is 14.7 Å². The van der Waals surface area contributed by atoms with E-state index in [1.165, 1.54) is 0 Å². The second-order valence-corrected chi connectivity index (χ2v) is 10.1. The number of rotatable bonds is 5. The van der Waals surface area contributed by atoms with E-state index in [0.717, 1.165) is 45.6 Å². The number of carbonyl (C=O) groups excluding carboxylic acids is 2. The van der Waals surface area contributed by atoms with Crippen LogP contribution < -0.4 is 0 Å². The van der Waals surface area contributed by atoms with Crippen LogP contribution in [0, 0.1) is 11.8 Å². The summed E-state index contributed by atoms with van der Waals surface area (Å²) in [5, 5.41) is 0. The van der Waals surface area contributed by atoms with E-state index in [-0.39, 0.29) is 29.2 Å². The van der Waals surface area contributed by atoms with Crippen molar-refractivity contribution >= 4 is 11.8 Å². The third kappa shape index (κ3) is 5.26. The summed E-state index contributed by atoms with van der Waals surface area (Å²) in [4.78, 5) is 34.4. The molecule has 3 unspecified atom stereocenters.